The summed E-state index contributed by atoms with van der Waals surface area (Å²) in [6, 6.07) is 14.5. The molecule has 2 aromatic carbocycles. The summed E-state index contributed by atoms with van der Waals surface area (Å²) in [5, 5.41) is 11.1. The summed E-state index contributed by atoms with van der Waals surface area (Å²) in [5.41, 5.74) is 5.73. The standard InChI is InChI=1S/C19H24N2/c1-13(2)16-9-7-10-17(14(3)4)19(16)21-18-11-6-5-8-15(18)12-20/h5-14,20-21H,1-4H3. The zero-order chi connectivity index (χ0) is 15.4. The molecule has 0 heterocycles. The Bertz CT molecular complexity index is 601. The molecule has 0 atom stereocenters. The van der Waals surface area contributed by atoms with Crippen molar-refractivity contribution in [3.05, 3.63) is 59.2 Å². The van der Waals surface area contributed by atoms with Gasteiger partial charge >= 0.3 is 0 Å². The fourth-order valence-corrected chi connectivity index (χ4v) is 2.57. The van der Waals surface area contributed by atoms with Crippen LogP contribution in [0.25, 0.3) is 0 Å². The van der Waals surface area contributed by atoms with Crippen molar-refractivity contribution in [2.45, 2.75) is 39.5 Å². The fourth-order valence-electron chi connectivity index (χ4n) is 2.57. The van der Waals surface area contributed by atoms with E-state index in [0.29, 0.717) is 11.8 Å². The molecule has 0 amide bonds. The molecule has 0 saturated carbocycles. The molecule has 21 heavy (non-hydrogen) atoms. The average Bonchev–Trinajstić information content (AvgIpc) is 2.47. The molecular weight excluding hydrogens is 256 g/mol. The van der Waals surface area contributed by atoms with E-state index in [2.05, 4.69) is 51.2 Å². The van der Waals surface area contributed by atoms with Crippen LogP contribution in [0, 0.1) is 5.41 Å². The quantitative estimate of drug-likeness (QED) is 0.680. The van der Waals surface area contributed by atoms with Crippen LogP contribution in [-0.4, -0.2) is 6.21 Å². The first-order valence-corrected chi connectivity index (χ1v) is 7.54. The van der Waals surface area contributed by atoms with Gasteiger partial charge < -0.3 is 10.7 Å². The Kier molecular flexibility index (Phi) is 4.79. The number of para-hydroxylation sites is 2. The van der Waals surface area contributed by atoms with Crippen LogP contribution in [0.4, 0.5) is 11.4 Å². The normalized spacial score (nSPS) is 11.0. The van der Waals surface area contributed by atoms with E-state index < -0.39 is 0 Å². The first-order chi connectivity index (χ1) is 10.0. The highest BCUT2D eigenvalue weighted by molar-refractivity contribution is 5.88. The Labute approximate surface area is 127 Å². The highest BCUT2D eigenvalue weighted by Crippen LogP contribution is 2.35. The third kappa shape index (κ3) is 3.33. The highest BCUT2D eigenvalue weighted by Gasteiger charge is 2.14. The number of anilines is 2. The smallest absolute Gasteiger partial charge is 0.0473 e. The van der Waals surface area contributed by atoms with Crippen LogP contribution in [0.5, 0.6) is 0 Å². The molecule has 2 rings (SSSR count). The van der Waals surface area contributed by atoms with E-state index in [9.17, 15) is 0 Å². The average molecular weight is 280 g/mol. The zero-order valence-electron chi connectivity index (χ0n) is 13.3. The molecule has 0 fully saturated rings. The molecule has 2 heteroatoms. The van der Waals surface area contributed by atoms with Crippen molar-refractivity contribution in [1.82, 2.24) is 0 Å². The third-order valence-electron chi connectivity index (χ3n) is 3.75. The number of rotatable bonds is 5. The van der Waals surface area contributed by atoms with Gasteiger partial charge in [0.25, 0.3) is 0 Å². The molecule has 0 radical (unpaired) electrons. The maximum Gasteiger partial charge on any atom is 0.0473 e. The second-order valence-electron chi connectivity index (χ2n) is 5.98. The van der Waals surface area contributed by atoms with Gasteiger partial charge in [0.2, 0.25) is 0 Å². The topological polar surface area (TPSA) is 35.9 Å². The summed E-state index contributed by atoms with van der Waals surface area (Å²) >= 11 is 0. The van der Waals surface area contributed by atoms with Crippen LogP contribution in [0.3, 0.4) is 0 Å². The molecule has 0 aliphatic carbocycles. The fraction of sp³-hybridized carbons (Fsp3) is 0.316. The SMILES string of the molecule is CC(C)c1cccc(C(C)C)c1Nc1ccccc1C=N. The molecule has 0 bridgehead atoms. The molecule has 0 aliphatic heterocycles. The van der Waals surface area contributed by atoms with Gasteiger partial charge in [-0.3, -0.25) is 0 Å². The lowest BCUT2D eigenvalue weighted by Crippen LogP contribution is -2.05. The molecule has 0 aliphatic rings. The molecule has 0 spiro atoms. The number of hydrogen-bond donors (Lipinski definition) is 2. The second kappa shape index (κ2) is 6.57. The zero-order valence-corrected chi connectivity index (χ0v) is 13.3. The van der Waals surface area contributed by atoms with E-state index >= 15 is 0 Å². The summed E-state index contributed by atoms with van der Waals surface area (Å²) in [5.74, 6) is 0.914. The number of benzene rings is 2. The van der Waals surface area contributed by atoms with Crippen molar-refractivity contribution in [3.63, 3.8) is 0 Å². The van der Waals surface area contributed by atoms with Crippen LogP contribution in [-0.2, 0) is 0 Å². The van der Waals surface area contributed by atoms with E-state index in [4.69, 9.17) is 5.41 Å². The van der Waals surface area contributed by atoms with Gasteiger partial charge in [-0.25, -0.2) is 0 Å². The molecule has 2 aromatic rings. The van der Waals surface area contributed by atoms with Crippen molar-refractivity contribution in [2.75, 3.05) is 5.32 Å². The molecule has 2 N–H and O–H groups in total. The molecule has 0 unspecified atom stereocenters. The third-order valence-corrected chi connectivity index (χ3v) is 3.75. The highest BCUT2D eigenvalue weighted by atomic mass is 14.9. The summed E-state index contributed by atoms with van der Waals surface area (Å²) in [7, 11) is 0. The van der Waals surface area contributed by atoms with E-state index in [-0.39, 0.29) is 0 Å². The Balaban J connectivity index is 2.54. The minimum atomic E-state index is 0.457. The van der Waals surface area contributed by atoms with Crippen molar-refractivity contribution < 1.29 is 0 Å². The van der Waals surface area contributed by atoms with Crippen molar-refractivity contribution >= 4 is 17.6 Å². The largest absolute Gasteiger partial charge is 0.355 e. The van der Waals surface area contributed by atoms with E-state index in [1.165, 1.54) is 23.0 Å². The predicted octanol–water partition coefficient (Wildman–Crippen LogP) is 5.67. The Morgan fingerprint density at radius 2 is 1.43 bits per heavy atom. The summed E-state index contributed by atoms with van der Waals surface area (Å²) in [4.78, 5) is 0. The maximum absolute atomic E-state index is 7.56. The van der Waals surface area contributed by atoms with Gasteiger partial charge in [-0.05, 0) is 29.0 Å². The first-order valence-electron chi connectivity index (χ1n) is 7.54. The number of nitrogens with one attached hydrogen (secondary N) is 2. The lowest BCUT2D eigenvalue weighted by atomic mass is 9.92. The van der Waals surface area contributed by atoms with Gasteiger partial charge in [0.15, 0.2) is 0 Å². The van der Waals surface area contributed by atoms with Crippen LogP contribution in [0.2, 0.25) is 0 Å². The van der Waals surface area contributed by atoms with Crippen LogP contribution in [0.1, 0.15) is 56.2 Å². The van der Waals surface area contributed by atoms with Gasteiger partial charge in [-0.15, -0.1) is 0 Å². The lowest BCUT2D eigenvalue weighted by molar-refractivity contribution is 0.838. The van der Waals surface area contributed by atoms with Gasteiger partial charge in [-0.2, -0.15) is 0 Å². The van der Waals surface area contributed by atoms with E-state index in [1.54, 1.807) is 0 Å². The van der Waals surface area contributed by atoms with Gasteiger partial charge in [-0.1, -0.05) is 64.1 Å². The van der Waals surface area contributed by atoms with E-state index in [1.807, 2.05) is 24.3 Å². The first kappa shape index (κ1) is 15.3. The van der Waals surface area contributed by atoms with Crippen molar-refractivity contribution in [1.29, 1.82) is 5.41 Å². The van der Waals surface area contributed by atoms with Crippen LogP contribution < -0.4 is 5.32 Å². The Morgan fingerprint density at radius 3 is 1.95 bits per heavy atom. The Morgan fingerprint density at radius 1 is 0.857 bits per heavy atom. The van der Waals surface area contributed by atoms with E-state index in [0.717, 1.165) is 11.3 Å². The molecule has 2 nitrogen and oxygen atoms in total. The van der Waals surface area contributed by atoms with Crippen LogP contribution >= 0.6 is 0 Å². The molecule has 0 aromatic heterocycles. The van der Waals surface area contributed by atoms with Gasteiger partial charge in [0.1, 0.15) is 0 Å². The van der Waals surface area contributed by atoms with Crippen molar-refractivity contribution in [3.8, 4) is 0 Å². The number of hydrogen-bond acceptors (Lipinski definition) is 2. The minimum Gasteiger partial charge on any atom is -0.355 e. The van der Waals surface area contributed by atoms with Gasteiger partial charge in [0.05, 0.1) is 0 Å². The summed E-state index contributed by atoms with van der Waals surface area (Å²) < 4.78 is 0. The summed E-state index contributed by atoms with van der Waals surface area (Å²) in [6.07, 6.45) is 1.40. The molecular formula is C19H24N2. The minimum absolute atomic E-state index is 0.457. The maximum atomic E-state index is 7.56. The van der Waals surface area contributed by atoms with Crippen molar-refractivity contribution in [2.24, 2.45) is 0 Å². The van der Waals surface area contributed by atoms with Gasteiger partial charge in [0, 0.05) is 23.2 Å². The monoisotopic (exact) mass is 280 g/mol. The molecule has 0 saturated heterocycles. The predicted molar refractivity (Wildman–Crippen MR) is 92.2 cm³/mol. The Hall–Kier alpha value is -2.09. The van der Waals surface area contributed by atoms with Crippen LogP contribution in [0.15, 0.2) is 42.5 Å². The lowest BCUT2D eigenvalue weighted by Gasteiger charge is -2.21. The summed E-state index contributed by atoms with van der Waals surface area (Å²) in [6.45, 7) is 8.86. The molecule has 110 valence electrons. The second-order valence-corrected chi connectivity index (χ2v) is 5.98.